The van der Waals surface area contributed by atoms with Crippen LogP contribution in [0.5, 0.6) is 11.5 Å². The number of fused-ring (bicyclic) bond motifs is 3. The first kappa shape index (κ1) is 20.2. The van der Waals surface area contributed by atoms with Gasteiger partial charge in [-0.15, -0.1) is 0 Å². The Balaban J connectivity index is 1.74. The minimum absolute atomic E-state index is 0.109. The molecule has 0 saturated heterocycles. The van der Waals surface area contributed by atoms with Crippen LogP contribution in [0.3, 0.4) is 0 Å². The van der Waals surface area contributed by atoms with Gasteiger partial charge in [0.05, 0.1) is 24.3 Å². The number of phenols is 1. The van der Waals surface area contributed by atoms with Crippen molar-refractivity contribution in [3.8, 4) is 11.5 Å². The van der Waals surface area contributed by atoms with Crippen LogP contribution in [-0.2, 0) is 0 Å². The molecule has 0 unspecified atom stereocenters. The molecule has 0 bridgehead atoms. The summed E-state index contributed by atoms with van der Waals surface area (Å²) in [7, 11) is 5.63. The lowest BCUT2D eigenvalue weighted by atomic mass is 9.86. The highest BCUT2D eigenvalue weighted by Crippen LogP contribution is 2.43. The Kier molecular flexibility index (Phi) is 5.34. The van der Waals surface area contributed by atoms with E-state index in [-0.39, 0.29) is 23.5 Å². The molecule has 1 N–H and O–H groups in total. The predicted molar refractivity (Wildman–Crippen MR) is 111 cm³/mol. The number of urea groups is 1. The first-order chi connectivity index (χ1) is 14.3. The van der Waals surface area contributed by atoms with Crippen LogP contribution >= 0.6 is 0 Å². The summed E-state index contributed by atoms with van der Waals surface area (Å²) in [6.45, 7) is 1.55. The lowest BCUT2D eigenvalue weighted by Crippen LogP contribution is -2.43. The zero-order valence-corrected chi connectivity index (χ0v) is 17.2. The maximum atomic E-state index is 13.9. The number of hydrogen-bond donors (Lipinski definition) is 1. The fraction of sp³-hybridized carbons (Fsp3) is 0.364. The van der Waals surface area contributed by atoms with Gasteiger partial charge < -0.3 is 19.6 Å². The van der Waals surface area contributed by atoms with E-state index < -0.39 is 6.04 Å². The average Bonchev–Trinajstić information content (AvgIpc) is 3.11. The van der Waals surface area contributed by atoms with Crippen LogP contribution in [-0.4, -0.2) is 72.5 Å². The summed E-state index contributed by atoms with van der Waals surface area (Å²) in [6.07, 6.45) is 0. The summed E-state index contributed by atoms with van der Waals surface area (Å²) in [6, 6.07) is 10.4. The van der Waals surface area contributed by atoms with Crippen LogP contribution in [0.15, 0.2) is 47.6 Å². The van der Waals surface area contributed by atoms with Crippen molar-refractivity contribution < 1.29 is 19.0 Å². The van der Waals surface area contributed by atoms with Gasteiger partial charge in [0.25, 0.3) is 0 Å². The van der Waals surface area contributed by atoms with Crippen molar-refractivity contribution in [2.75, 3.05) is 40.8 Å². The van der Waals surface area contributed by atoms with E-state index in [1.54, 1.807) is 36.2 Å². The molecule has 0 fully saturated rings. The standard InChI is InChI=1S/C22H25FN4O3/c1-25(2)9-10-26(3)22(29)27-21(14-5-4-6-16(28)11-14)18-13-30-19-8-7-15(23)12-17(19)20(18)24-27/h4-8,11-12,18,21,28H,9-10,13H2,1-3H3/t18-,21-/m0/s1. The molecule has 2 aliphatic rings. The van der Waals surface area contributed by atoms with E-state index in [1.165, 1.54) is 17.1 Å². The van der Waals surface area contributed by atoms with Gasteiger partial charge in [0.1, 0.15) is 17.3 Å². The third kappa shape index (κ3) is 3.70. The molecular weight excluding hydrogens is 387 g/mol. The zero-order chi connectivity index (χ0) is 21.4. The lowest BCUT2D eigenvalue weighted by Gasteiger charge is -2.31. The maximum absolute atomic E-state index is 13.9. The Bertz CT molecular complexity index is 994. The van der Waals surface area contributed by atoms with E-state index in [2.05, 4.69) is 5.10 Å². The first-order valence-electron chi connectivity index (χ1n) is 9.84. The molecule has 0 radical (unpaired) electrons. The number of hydrazone groups is 1. The number of benzene rings is 2. The topological polar surface area (TPSA) is 68.6 Å². The summed E-state index contributed by atoms with van der Waals surface area (Å²) in [5.41, 5.74) is 1.93. The number of aromatic hydroxyl groups is 1. The minimum atomic E-state index is -0.460. The van der Waals surface area contributed by atoms with E-state index in [4.69, 9.17) is 4.74 Å². The molecule has 2 heterocycles. The highest BCUT2D eigenvalue weighted by molar-refractivity contribution is 6.07. The van der Waals surface area contributed by atoms with Gasteiger partial charge in [-0.2, -0.15) is 5.10 Å². The van der Waals surface area contributed by atoms with Gasteiger partial charge in [0.15, 0.2) is 0 Å². The SMILES string of the molecule is CN(C)CCN(C)C(=O)N1N=C2c3cc(F)ccc3OC[C@@H]2[C@@H]1c1cccc(O)c1. The van der Waals surface area contributed by atoms with Crippen molar-refractivity contribution in [2.45, 2.75) is 6.04 Å². The summed E-state index contributed by atoms with van der Waals surface area (Å²) in [5, 5.41) is 16.1. The number of phenolic OH excluding ortho intramolecular Hbond substituents is 1. The zero-order valence-electron chi connectivity index (χ0n) is 17.2. The van der Waals surface area contributed by atoms with E-state index >= 15 is 0 Å². The van der Waals surface area contributed by atoms with Gasteiger partial charge in [-0.1, -0.05) is 12.1 Å². The van der Waals surface area contributed by atoms with Crippen LogP contribution in [0.1, 0.15) is 17.2 Å². The molecule has 30 heavy (non-hydrogen) atoms. The number of carbonyl (C=O) groups is 1. The monoisotopic (exact) mass is 412 g/mol. The molecule has 2 aromatic carbocycles. The Labute approximate surface area is 175 Å². The molecule has 0 aliphatic carbocycles. The maximum Gasteiger partial charge on any atom is 0.340 e. The molecule has 8 heteroatoms. The molecule has 0 saturated carbocycles. The second-order valence-electron chi connectivity index (χ2n) is 7.94. The van der Waals surface area contributed by atoms with Crippen molar-refractivity contribution in [1.29, 1.82) is 0 Å². The molecule has 2 aliphatic heterocycles. The Morgan fingerprint density at radius 1 is 1.23 bits per heavy atom. The first-order valence-corrected chi connectivity index (χ1v) is 9.84. The van der Waals surface area contributed by atoms with Gasteiger partial charge >= 0.3 is 6.03 Å². The summed E-state index contributed by atoms with van der Waals surface area (Å²) >= 11 is 0. The van der Waals surface area contributed by atoms with Gasteiger partial charge in [-0.25, -0.2) is 14.2 Å². The van der Waals surface area contributed by atoms with Gasteiger partial charge in [0.2, 0.25) is 0 Å². The number of halogens is 1. The smallest absolute Gasteiger partial charge is 0.340 e. The number of hydrogen-bond acceptors (Lipinski definition) is 5. The average molecular weight is 412 g/mol. The highest BCUT2D eigenvalue weighted by Gasteiger charge is 2.46. The van der Waals surface area contributed by atoms with Crippen LogP contribution in [0.4, 0.5) is 9.18 Å². The largest absolute Gasteiger partial charge is 0.508 e. The quantitative estimate of drug-likeness (QED) is 0.839. The normalized spacial score (nSPS) is 19.8. The van der Waals surface area contributed by atoms with Crippen molar-refractivity contribution in [2.24, 2.45) is 11.0 Å². The van der Waals surface area contributed by atoms with Gasteiger partial charge in [-0.3, -0.25) is 0 Å². The molecule has 158 valence electrons. The number of nitrogens with zero attached hydrogens (tertiary/aromatic N) is 4. The number of ether oxygens (including phenoxy) is 1. The molecule has 7 nitrogen and oxygen atoms in total. The number of amides is 2. The third-order valence-corrected chi connectivity index (χ3v) is 5.46. The van der Waals surface area contributed by atoms with E-state index in [0.29, 0.717) is 36.7 Å². The summed E-state index contributed by atoms with van der Waals surface area (Å²) in [4.78, 5) is 16.9. The fourth-order valence-corrected chi connectivity index (χ4v) is 3.87. The van der Waals surface area contributed by atoms with Crippen LogP contribution in [0, 0.1) is 11.7 Å². The highest BCUT2D eigenvalue weighted by atomic mass is 19.1. The molecule has 2 aromatic rings. The molecule has 4 rings (SSSR count). The third-order valence-electron chi connectivity index (χ3n) is 5.46. The van der Waals surface area contributed by atoms with Crippen LogP contribution in [0.2, 0.25) is 0 Å². The second kappa shape index (κ2) is 7.95. The van der Waals surface area contributed by atoms with Crippen LogP contribution in [0.25, 0.3) is 0 Å². The van der Waals surface area contributed by atoms with Crippen molar-refractivity contribution in [3.63, 3.8) is 0 Å². The van der Waals surface area contributed by atoms with E-state index in [9.17, 15) is 14.3 Å². The van der Waals surface area contributed by atoms with Crippen molar-refractivity contribution in [1.82, 2.24) is 14.8 Å². The van der Waals surface area contributed by atoms with Gasteiger partial charge in [0, 0.05) is 25.7 Å². The summed E-state index contributed by atoms with van der Waals surface area (Å²) < 4.78 is 19.8. The molecule has 2 atom stereocenters. The molecular formula is C22H25FN4O3. The summed E-state index contributed by atoms with van der Waals surface area (Å²) in [5.74, 6) is 0.00332. The minimum Gasteiger partial charge on any atom is -0.508 e. The second-order valence-corrected chi connectivity index (χ2v) is 7.94. The van der Waals surface area contributed by atoms with Crippen LogP contribution < -0.4 is 4.74 Å². The fourth-order valence-electron chi connectivity index (χ4n) is 3.87. The van der Waals surface area contributed by atoms with Crippen molar-refractivity contribution >= 4 is 11.7 Å². The lowest BCUT2D eigenvalue weighted by molar-refractivity contribution is 0.131. The van der Waals surface area contributed by atoms with E-state index in [0.717, 1.165) is 5.56 Å². The Hall–Kier alpha value is -3.13. The Morgan fingerprint density at radius 3 is 2.77 bits per heavy atom. The van der Waals surface area contributed by atoms with Gasteiger partial charge in [-0.05, 0) is 50.0 Å². The molecule has 2 amide bonds. The number of rotatable bonds is 4. The number of carbonyl (C=O) groups excluding carboxylic acids is 1. The predicted octanol–water partition coefficient (Wildman–Crippen LogP) is 2.91. The molecule has 0 spiro atoms. The van der Waals surface area contributed by atoms with E-state index in [1.807, 2.05) is 25.1 Å². The molecule has 0 aromatic heterocycles. The van der Waals surface area contributed by atoms with Crippen molar-refractivity contribution in [3.05, 3.63) is 59.4 Å². The Morgan fingerprint density at radius 2 is 2.03 bits per heavy atom. The number of likely N-dealkylation sites (N-methyl/N-ethyl adjacent to an activating group) is 2.